The van der Waals surface area contributed by atoms with E-state index in [-0.39, 0.29) is 6.42 Å². The average molecular weight is 383 g/mol. The number of benzene rings is 2. The van der Waals surface area contributed by atoms with E-state index in [9.17, 15) is 4.79 Å². The number of carboxylic acids is 1. The van der Waals surface area contributed by atoms with Crippen molar-refractivity contribution < 1.29 is 19.4 Å². The van der Waals surface area contributed by atoms with Gasteiger partial charge in [-0.25, -0.2) is 0 Å². The molecule has 5 heteroatoms. The first kappa shape index (κ1) is 20.2. The van der Waals surface area contributed by atoms with Crippen LogP contribution in [0.3, 0.4) is 0 Å². The smallest absolute Gasteiger partial charge is 0.306 e. The number of hydrogen-bond acceptors (Lipinski definition) is 4. The van der Waals surface area contributed by atoms with Gasteiger partial charge in [0, 0.05) is 25.4 Å². The zero-order valence-corrected chi connectivity index (χ0v) is 16.4. The van der Waals surface area contributed by atoms with Crippen LogP contribution in [0.4, 0.5) is 5.69 Å². The molecule has 0 aromatic heterocycles. The molecule has 1 fully saturated rings. The van der Waals surface area contributed by atoms with E-state index in [2.05, 4.69) is 29.2 Å². The molecule has 0 unspecified atom stereocenters. The summed E-state index contributed by atoms with van der Waals surface area (Å²) in [6, 6.07) is 18.2. The summed E-state index contributed by atoms with van der Waals surface area (Å²) in [5.74, 6) is 0.517. The molecule has 0 spiro atoms. The molecular weight excluding hydrogens is 354 g/mol. The zero-order valence-electron chi connectivity index (χ0n) is 16.4. The summed E-state index contributed by atoms with van der Waals surface area (Å²) in [6.07, 6.45) is 1.79. The van der Waals surface area contributed by atoms with Gasteiger partial charge in [-0.15, -0.1) is 0 Å². The predicted octanol–water partition coefficient (Wildman–Crippen LogP) is 4.53. The number of anilines is 1. The molecule has 1 N–H and O–H groups in total. The van der Waals surface area contributed by atoms with Crippen molar-refractivity contribution in [1.29, 1.82) is 0 Å². The molecule has 1 saturated heterocycles. The Hall–Kier alpha value is -2.53. The van der Waals surface area contributed by atoms with E-state index in [0.29, 0.717) is 19.1 Å². The van der Waals surface area contributed by atoms with Gasteiger partial charge in [-0.2, -0.15) is 0 Å². The van der Waals surface area contributed by atoms with E-state index >= 15 is 0 Å². The van der Waals surface area contributed by atoms with Gasteiger partial charge in [0.05, 0.1) is 19.1 Å². The zero-order chi connectivity index (χ0) is 19.8. The summed E-state index contributed by atoms with van der Waals surface area (Å²) >= 11 is 0. The minimum Gasteiger partial charge on any atom is -0.493 e. The molecule has 0 radical (unpaired) electrons. The molecule has 0 amide bonds. The van der Waals surface area contributed by atoms with Crippen molar-refractivity contribution in [2.24, 2.45) is 5.92 Å². The van der Waals surface area contributed by atoms with Gasteiger partial charge in [-0.3, -0.25) is 4.79 Å². The van der Waals surface area contributed by atoms with Crippen LogP contribution in [0, 0.1) is 5.92 Å². The largest absolute Gasteiger partial charge is 0.493 e. The van der Waals surface area contributed by atoms with Crippen molar-refractivity contribution in [3.8, 4) is 5.75 Å². The number of para-hydroxylation sites is 1. The highest BCUT2D eigenvalue weighted by Crippen LogP contribution is 2.26. The summed E-state index contributed by atoms with van der Waals surface area (Å²) < 4.78 is 11.5. The van der Waals surface area contributed by atoms with E-state index in [1.165, 1.54) is 5.69 Å². The number of aliphatic carboxylic acids is 1. The van der Waals surface area contributed by atoms with Crippen LogP contribution in [0.25, 0.3) is 0 Å². The SMILES string of the molecule is CCO[C@H](CC(=O)O)c1ccc(OCC2CCN(c3ccccc3)CC2)cc1. The summed E-state index contributed by atoms with van der Waals surface area (Å²) in [4.78, 5) is 13.4. The van der Waals surface area contributed by atoms with Crippen molar-refractivity contribution in [1.82, 2.24) is 0 Å². The molecule has 1 atom stereocenters. The maximum Gasteiger partial charge on any atom is 0.306 e. The lowest BCUT2D eigenvalue weighted by Gasteiger charge is -2.33. The molecule has 0 bridgehead atoms. The lowest BCUT2D eigenvalue weighted by molar-refractivity contribution is -0.140. The van der Waals surface area contributed by atoms with Gasteiger partial charge >= 0.3 is 5.97 Å². The molecule has 0 aliphatic carbocycles. The Morgan fingerprint density at radius 2 is 1.79 bits per heavy atom. The molecule has 0 saturated carbocycles. The summed E-state index contributed by atoms with van der Waals surface area (Å²) in [5, 5.41) is 9.04. The Labute approximate surface area is 166 Å². The van der Waals surface area contributed by atoms with Crippen molar-refractivity contribution in [2.75, 3.05) is 31.2 Å². The third kappa shape index (κ3) is 5.73. The van der Waals surface area contributed by atoms with Crippen molar-refractivity contribution in [2.45, 2.75) is 32.3 Å². The van der Waals surface area contributed by atoms with Crippen LogP contribution in [-0.2, 0) is 9.53 Å². The molecule has 150 valence electrons. The second-order valence-corrected chi connectivity index (χ2v) is 7.19. The Kier molecular flexibility index (Phi) is 7.31. The highest BCUT2D eigenvalue weighted by atomic mass is 16.5. The maximum atomic E-state index is 11.0. The van der Waals surface area contributed by atoms with Crippen LogP contribution < -0.4 is 9.64 Å². The normalized spacial score (nSPS) is 16.0. The molecule has 2 aromatic rings. The lowest BCUT2D eigenvalue weighted by atomic mass is 9.97. The minimum absolute atomic E-state index is 0.0337. The monoisotopic (exact) mass is 383 g/mol. The standard InChI is InChI=1S/C23H29NO4/c1-2-27-22(16-23(25)26)19-8-10-21(11-9-19)28-17-18-12-14-24(15-13-18)20-6-4-3-5-7-20/h3-11,18,22H,2,12-17H2,1H3,(H,25,26)/t22-/m1/s1. The van der Waals surface area contributed by atoms with E-state index in [0.717, 1.165) is 37.2 Å². The molecule has 2 aromatic carbocycles. The summed E-state index contributed by atoms with van der Waals surface area (Å²) in [6.45, 7) is 5.18. The molecule has 1 aliphatic rings. The fraction of sp³-hybridized carbons (Fsp3) is 0.435. The fourth-order valence-electron chi connectivity index (χ4n) is 3.62. The molecule has 1 heterocycles. The summed E-state index contributed by atoms with van der Waals surface area (Å²) in [5.41, 5.74) is 2.16. The number of ether oxygens (including phenoxy) is 2. The molecule has 28 heavy (non-hydrogen) atoms. The van der Waals surface area contributed by atoms with Gasteiger partial charge in [-0.1, -0.05) is 30.3 Å². The number of carbonyl (C=O) groups is 1. The number of nitrogens with zero attached hydrogens (tertiary/aromatic N) is 1. The molecule has 5 nitrogen and oxygen atoms in total. The van der Waals surface area contributed by atoms with E-state index in [4.69, 9.17) is 14.6 Å². The van der Waals surface area contributed by atoms with Crippen molar-refractivity contribution >= 4 is 11.7 Å². The third-order valence-electron chi connectivity index (χ3n) is 5.20. The van der Waals surface area contributed by atoms with E-state index < -0.39 is 12.1 Å². The first-order valence-corrected chi connectivity index (χ1v) is 10.0. The third-order valence-corrected chi connectivity index (χ3v) is 5.20. The Balaban J connectivity index is 1.47. The first-order valence-electron chi connectivity index (χ1n) is 10.0. The van der Waals surface area contributed by atoms with Crippen LogP contribution >= 0.6 is 0 Å². The Bertz CT molecular complexity index is 724. The van der Waals surface area contributed by atoms with Crippen molar-refractivity contribution in [3.63, 3.8) is 0 Å². The lowest BCUT2D eigenvalue weighted by Crippen LogP contribution is -2.35. The Morgan fingerprint density at radius 3 is 2.39 bits per heavy atom. The highest BCUT2D eigenvalue weighted by Gasteiger charge is 2.20. The van der Waals surface area contributed by atoms with Crippen LogP contribution in [0.5, 0.6) is 5.75 Å². The van der Waals surface area contributed by atoms with Crippen LogP contribution in [0.15, 0.2) is 54.6 Å². The number of rotatable bonds is 9. The van der Waals surface area contributed by atoms with E-state index in [1.54, 1.807) is 0 Å². The van der Waals surface area contributed by atoms with Gasteiger partial charge in [0.25, 0.3) is 0 Å². The average Bonchev–Trinajstić information content (AvgIpc) is 2.73. The minimum atomic E-state index is -0.861. The van der Waals surface area contributed by atoms with Gasteiger partial charge in [-0.05, 0) is 55.5 Å². The van der Waals surface area contributed by atoms with Crippen molar-refractivity contribution in [3.05, 3.63) is 60.2 Å². The Morgan fingerprint density at radius 1 is 1.11 bits per heavy atom. The number of piperidine rings is 1. The van der Waals surface area contributed by atoms with Gasteiger partial charge in [0.2, 0.25) is 0 Å². The maximum absolute atomic E-state index is 11.0. The molecule has 1 aliphatic heterocycles. The number of carboxylic acid groups (broad SMARTS) is 1. The second-order valence-electron chi connectivity index (χ2n) is 7.19. The van der Waals surface area contributed by atoms with Crippen LogP contribution in [-0.4, -0.2) is 37.4 Å². The fourth-order valence-corrected chi connectivity index (χ4v) is 3.62. The van der Waals surface area contributed by atoms with Crippen LogP contribution in [0.1, 0.15) is 37.9 Å². The molecular formula is C23H29NO4. The van der Waals surface area contributed by atoms with Gasteiger partial charge < -0.3 is 19.5 Å². The summed E-state index contributed by atoms with van der Waals surface area (Å²) in [7, 11) is 0. The topological polar surface area (TPSA) is 59.0 Å². The van der Waals surface area contributed by atoms with Gasteiger partial charge in [0.15, 0.2) is 0 Å². The van der Waals surface area contributed by atoms with E-state index in [1.807, 2.05) is 37.3 Å². The quantitative estimate of drug-likeness (QED) is 0.689. The first-order chi connectivity index (χ1) is 13.7. The second kappa shape index (κ2) is 10.1. The van der Waals surface area contributed by atoms with Crippen LogP contribution in [0.2, 0.25) is 0 Å². The van der Waals surface area contributed by atoms with Gasteiger partial charge in [0.1, 0.15) is 5.75 Å². The predicted molar refractivity (Wildman–Crippen MR) is 110 cm³/mol. The molecule has 3 rings (SSSR count). The number of hydrogen-bond donors (Lipinski definition) is 1. The highest BCUT2D eigenvalue weighted by molar-refractivity contribution is 5.67.